The zero-order valence-corrected chi connectivity index (χ0v) is 13.7. The lowest BCUT2D eigenvalue weighted by molar-refractivity contribution is -0.121. The molecule has 5 heteroatoms. The minimum atomic E-state index is 0.122. The highest BCUT2D eigenvalue weighted by molar-refractivity contribution is 7.15. The third-order valence-electron chi connectivity index (χ3n) is 4.09. The Balaban J connectivity index is 1.65. The average molecular weight is 315 g/mol. The van der Waals surface area contributed by atoms with Crippen molar-refractivity contribution < 1.29 is 4.79 Å². The van der Waals surface area contributed by atoms with Gasteiger partial charge in [-0.05, 0) is 31.9 Å². The van der Waals surface area contributed by atoms with E-state index in [1.54, 1.807) is 17.5 Å². The molecule has 0 radical (unpaired) electrons. The summed E-state index contributed by atoms with van der Waals surface area (Å²) in [5.74, 6) is 0.122. The van der Waals surface area contributed by atoms with Crippen LogP contribution in [0.15, 0.2) is 24.5 Å². The fourth-order valence-electron chi connectivity index (χ4n) is 2.88. The predicted molar refractivity (Wildman–Crippen MR) is 88.8 cm³/mol. The van der Waals surface area contributed by atoms with Gasteiger partial charge in [0.2, 0.25) is 5.91 Å². The molecule has 2 aromatic heterocycles. The molecule has 0 aliphatic heterocycles. The molecule has 0 bridgehead atoms. The second kappa shape index (κ2) is 7.01. The highest BCUT2D eigenvalue weighted by Crippen LogP contribution is 2.27. The van der Waals surface area contributed by atoms with E-state index in [9.17, 15) is 4.79 Å². The molecule has 1 aliphatic carbocycles. The standard InChI is InChI=1S/C17H21N3OS/c1-12-15(10-16(21)20-14-7-3-2-4-8-14)22-17(19-12)13-6-5-9-18-11-13/h5-6,9,11,14H,2-4,7-8,10H2,1H3,(H,20,21). The maximum Gasteiger partial charge on any atom is 0.225 e. The van der Waals surface area contributed by atoms with Crippen LogP contribution in [0, 0.1) is 6.92 Å². The molecule has 2 aromatic rings. The van der Waals surface area contributed by atoms with E-state index >= 15 is 0 Å². The van der Waals surface area contributed by atoms with Gasteiger partial charge >= 0.3 is 0 Å². The molecule has 1 fully saturated rings. The SMILES string of the molecule is Cc1nc(-c2cccnc2)sc1CC(=O)NC1CCCCC1. The van der Waals surface area contributed by atoms with E-state index in [-0.39, 0.29) is 5.91 Å². The van der Waals surface area contributed by atoms with Gasteiger partial charge in [0.05, 0.1) is 12.1 Å². The number of nitrogens with zero attached hydrogens (tertiary/aromatic N) is 2. The minimum absolute atomic E-state index is 0.122. The van der Waals surface area contributed by atoms with Crippen LogP contribution in [0.3, 0.4) is 0 Å². The van der Waals surface area contributed by atoms with E-state index in [4.69, 9.17) is 0 Å². The molecule has 1 amide bonds. The fraction of sp³-hybridized carbons (Fsp3) is 0.471. The second-order valence-electron chi connectivity index (χ2n) is 5.85. The number of thiazole rings is 1. The van der Waals surface area contributed by atoms with Crippen molar-refractivity contribution in [3.63, 3.8) is 0 Å². The highest BCUT2D eigenvalue weighted by Gasteiger charge is 2.18. The Morgan fingerprint density at radius 2 is 2.18 bits per heavy atom. The maximum absolute atomic E-state index is 12.2. The molecule has 4 nitrogen and oxygen atoms in total. The van der Waals surface area contributed by atoms with Crippen molar-refractivity contribution in [2.75, 3.05) is 0 Å². The molecule has 0 unspecified atom stereocenters. The van der Waals surface area contributed by atoms with Gasteiger partial charge in [-0.2, -0.15) is 0 Å². The molecule has 22 heavy (non-hydrogen) atoms. The van der Waals surface area contributed by atoms with Gasteiger partial charge in [0.1, 0.15) is 5.01 Å². The lowest BCUT2D eigenvalue weighted by Gasteiger charge is -2.22. The number of pyridine rings is 1. The Kier molecular flexibility index (Phi) is 4.83. The fourth-order valence-corrected chi connectivity index (χ4v) is 3.93. The first-order valence-electron chi connectivity index (χ1n) is 7.88. The van der Waals surface area contributed by atoms with Crippen molar-refractivity contribution in [3.05, 3.63) is 35.1 Å². The molecule has 0 saturated heterocycles. The largest absolute Gasteiger partial charge is 0.353 e. The summed E-state index contributed by atoms with van der Waals surface area (Å²) in [6, 6.07) is 4.27. The number of nitrogens with one attached hydrogen (secondary N) is 1. The molecule has 1 aliphatic rings. The van der Waals surface area contributed by atoms with Gasteiger partial charge in [-0.1, -0.05) is 19.3 Å². The van der Waals surface area contributed by atoms with Gasteiger partial charge in [-0.15, -0.1) is 11.3 Å². The molecule has 0 spiro atoms. The Morgan fingerprint density at radius 3 is 2.91 bits per heavy atom. The van der Waals surface area contributed by atoms with Crippen molar-refractivity contribution in [1.29, 1.82) is 0 Å². The first-order chi connectivity index (χ1) is 10.7. The molecule has 1 saturated carbocycles. The van der Waals surface area contributed by atoms with Crippen molar-refractivity contribution in [1.82, 2.24) is 15.3 Å². The Labute approximate surface area is 135 Å². The van der Waals surface area contributed by atoms with Gasteiger partial charge in [-0.25, -0.2) is 4.98 Å². The summed E-state index contributed by atoms with van der Waals surface area (Å²) in [7, 11) is 0. The Hall–Kier alpha value is -1.75. The lowest BCUT2D eigenvalue weighted by atomic mass is 9.95. The molecular formula is C17H21N3OS. The van der Waals surface area contributed by atoms with Gasteiger partial charge in [0, 0.05) is 28.9 Å². The predicted octanol–water partition coefficient (Wildman–Crippen LogP) is 3.50. The molecule has 1 N–H and O–H groups in total. The van der Waals surface area contributed by atoms with E-state index in [2.05, 4.69) is 15.3 Å². The van der Waals surface area contributed by atoms with E-state index in [1.807, 2.05) is 25.3 Å². The van der Waals surface area contributed by atoms with Crippen LogP contribution in [-0.2, 0) is 11.2 Å². The molecule has 3 rings (SSSR count). The van der Waals surface area contributed by atoms with Crippen LogP contribution in [0.2, 0.25) is 0 Å². The average Bonchev–Trinajstić information content (AvgIpc) is 2.90. The van der Waals surface area contributed by atoms with Crippen LogP contribution in [0.25, 0.3) is 10.6 Å². The molecule has 0 atom stereocenters. The number of hydrogen-bond acceptors (Lipinski definition) is 4. The van der Waals surface area contributed by atoms with Crippen LogP contribution in [0.1, 0.15) is 42.7 Å². The number of carbonyl (C=O) groups is 1. The third-order valence-corrected chi connectivity index (χ3v) is 5.30. The van der Waals surface area contributed by atoms with E-state index in [0.29, 0.717) is 12.5 Å². The summed E-state index contributed by atoms with van der Waals surface area (Å²) >= 11 is 1.59. The van der Waals surface area contributed by atoms with Crippen molar-refractivity contribution in [2.45, 2.75) is 51.5 Å². The Bertz CT molecular complexity index is 633. The Morgan fingerprint density at radius 1 is 1.36 bits per heavy atom. The van der Waals surface area contributed by atoms with Crippen LogP contribution in [0.5, 0.6) is 0 Å². The van der Waals surface area contributed by atoms with Crippen LogP contribution < -0.4 is 5.32 Å². The van der Waals surface area contributed by atoms with E-state index in [0.717, 1.165) is 34.0 Å². The number of carbonyl (C=O) groups excluding carboxylic acids is 1. The molecule has 116 valence electrons. The van der Waals surface area contributed by atoms with Crippen molar-refractivity contribution >= 4 is 17.2 Å². The summed E-state index contributed by atoms with van der Waals surface area (Å²) < 4.78 is 0. The minimum Gasteiger partial charge on any atom is -0.353 e. The van der Waals surface area contributed by atoms with Gasteiger partial charge in [0.25, 0.3) is 0 Å². The number of hydrogen-bond donors (Lipinski definition) is 1. The number of aromatic nitrogens is 2. The summed E-state index contributed by atoms with van der Waals surface area (Å²) in [4.78, 5) is 22.0. The number of aryl methyl sites for hydroxylation is 1. The normalized spacial score (nSPS) is 15.7. The first kappa shape index (κ1) is 15.2. The second-order valence-corrected chi connectivity index (χ2v) is 6.93. The number of rotatable bonds is 4. The zero-order valence-electron chi connectivity index (χ0n) is 12.8. The summed E-state index contributed by atoms with van der Waals surface area (Å²) in [5.41, 5.74) is 1.96. The van der Waals surface area contributed by atoms with Crippen LogP contribution >= 0.6 is 11.3 Å². The quantitative estimate of drug-likeness (QED) is 0.939. The molecular weight excluding hydrogens is 294 g/mol. The maximum atomic E-state index is 12.2. The van der Waals surface area contributed by atoms with Gasteiger partial charge < -0.3 is 5.32 Å². The lowest BCUT2D eigenvalue weighted by Crippen LogP contribution is -2.37. The topological polar surface area (TPSA) is 54.9 Å². The van der Waals surface area contributed by atoms with Crippen molar-refractivity contribution in [3.8, 4) is 10.6 Å². The van der Waals surface area contributed by atoms with Crippen molar-refractivity contribution in [2.24, 2.45) is 0 Å². The van der Waals surface area contributed by atoms with Crippen LogP contribution in [0.4, 0.5) is 0 Å². The molecule has 2 heterocycles. The summed E-state index contributed by atoms with van der Waals surface area (Å²) in [6.07, 6.45) is 10.00. The molecule has 0 aromatic carbocycles. The smallest absolute Gasteiger partial charge is 0.225 e. The highest BCUT2D eigenvalue weighted by atomic mass is 32.1. The summed E-state index contributed by atoms with van der Waals surface area (Å²) in [5, 5.41) is 4.11. The zero-order chi connectivity index (χ0) is 15.4. The monoisotopic (exact) mass is 315 g/mol. The first-order valence-corrected chi connectivity index (χ1v) is 8.70. The van der Waals surface area contributed by atoms with Crippen LogP contribution in [-0.4, -0.2) is 21.9 Å². The number of amides is 1. The van der Waals surface area contributed by atoms with Gasteiger partial charge in [-0.3, -0.25) is 9.78 Å². The third kappa shape index (κ3) is 3.71. The van der Waals surface area contributed by atoms with E-state index < -0.39 is 0 Å². The summed E-state index contributed by atoms with van der Waals surface area (Å²) in [6.45, 7) is 1.97. The van der Waals surface area contributed by atoms with Gasteiger partial charge in [0.15, 0.2) is 0 Å². The van der Waals surface area contributed by atoms with E-state index in [1.165, 1.54) is 19.3 Å².